The zero-order valence-electron chi connectivity index (χ0n) is 7.01. The van der Waals surface area contributed by atoms with E-state index in [1.807, 2.05) is 5.38 Å². The predicted molar refractivity (Wildman–Crippen MR) is 60.6 cm³/mol. The molecule has 0 saturated carbocycles. The Kier molecular flexibility index (Phi) is 2.44. The van der Waals surface area contributed by atoms with Crippen molar-refractivity contribution in [2.24, 2.45) is 0 Å². The van der Waals surface area contributed by atoms with Gasteiger partial charge in [-0.05, 0) is 22.3 Å². The lowest BCUT2D eigenvalue weighted by atomic mass is 9.79. The minimum Gasteiger partial charge on any atom is -0.505 e. The van der Waals surface area contributed by atoms with Crippen LogP contribution in [0.1, 0.15) is 0 Å². The smallest absolute Gasteiger partial charge is 0.489 e. The van der Waals surface area contributed by atoms with Crippen LogP contribution in [0.25, 0.3) is 10.1 Å². The molecule has 72 valence electrons. The van der Waals surface area contributed by atoms with Gasteiger partial charge >= 0.3 is 7.12 Å². The molecule has 0 spiro atoms. The fraction of sp³-hybridized carbons (Fsp3) is 0. The summed E-state index contributed by atoms with van der Waals surface area (Å²) in [5.74, 6) is 0.00364. The van der Waals surface area contributed by atoms with Crippen LogP contribution >= 0.6 is 24.0 Å². The maximum Gasteiger partial charge on any atom is 0.489 e. The normalized spacial score (nSPS) is 10.8. The molecule has 0 saturated heterocycles. The van der Waals surface area contributed by atoms with Crippen molar-refractivity contribution in [3.8, 4) is 5.75 Å². The monoisotopic (exact) mass is 226 g/mol. The highest BCUT2D eigenvalue weighted by Gasteiger charge is 2.19. The Morgan fingerprint density at radius 1 is 1.36 bits per heavy atom. The third kappa shape index (κ3) is 1.40. The quantitative estimate of drug-likeness (QED) is 0.425. The van der Waals surface area contributed by atoms with Crippen molar-refractivity contribution >= 4 is 46.6 Å². The van der Waals surface area contributed by atoms with E-state index in [2.05, 4.69) is 12.6 Å². The molecule has 3 nitrogen and oxygen atoms in total. The predicted octanol–water partition coefficient (Wildman–Crippen LogP) is 0.575. The van der Waals surface area contributed by atoms with Gasteiger partial charge in [-0.2, -0.15) is 0 Å². The third-order valence-electron chi connectivity index (χ3n) is 2.00. The average molecular weight is 226 g/mol. The van der Waals surface area contributed by atoms with E-state index in [1.165, 1.54) is 11.3 Å². The number of benzene rings is 1. The van der Waals surface area contributed by atoms with Gasteiger partial charge in [0.15, 0.2) is 0 Å². The summed E-state index contributed by atoms with van der Waals surface area (Å²) in [4.78, 5) is 0.218. The number of fused-ring (bicyclic) bond motifs is 1. The van der Waals surface area contributed by atoms with E-state index in [1.54, 1.807) is 12.1 Å². The molecule has 0 aliphatic rings. The van der Waals surface area contributed by atoms with E-state index >= 15 is 0 Å². The van der Waals surface area contributed by atoms with E-state index in [0.717, 1.165) is 5.39 Å². The Morgan fingerprint density at radius 2 is 2.07 bits per heavy atom. The molecule has 1 aromatic carbocycles. The number of hydrogen-bond donors (Lipinski definition) is 4. The fourth-order valence-electron chi connectivity index (χ4n) is 1.30. The number of aromatic hydroxyl groups is 1. The van der Waals surface area contributed by atoms with Crippen LogP contribution in [-0.4, -0.2) is 22.3 Å². The molecular weight excluding hydrogens is 219 g/mol. The Hall–Kier alpha value is -0.685. The molecular formula is C8H7BO3S2. The van der Waals surface area contributed by atoms with Crippen molar-refractivity contribution in [2.45, 2.75) is 4.90 Å². The summed E-state index contributed by atoms with van der Waals surface area (Å²) >= 11 is 5.42. The maximum atomic E-state index is 9.69. The van der Waals surface area contributed by atoms with E-state index in [9.17, 15) is 5.11 Å². The summed E-state index contributed by atoms with van der Waals surface area (Å²) in [6.45, 7) is 0. The van der Waals surface area contributed by atoms with Crippen LogP contribution in [0.4, 0.5) is 0 Å². The lowest BCUT2D eigenvalue weighted by Gasteiger charge is -2.06. The van der Waals surface area contributed by atoms with E-state index in [4.69, 9.17) is 10.0 Å². The average Bonchev–Trinajstić information content (AvgIpc) is 2.58. The van der Waals surface area contributed by atoms with Crippen LogP contribution in [0.15, 0.2) is 22.4 Å². The van der Waals surface area contributed by atoms with Gasteiger partial charge < -0.3 is 15.2 Å². The first-order valence-electron chi connectivity index (χ1n) is 3.89. The minimum atomic E-state index is -1.61. The standard InChI is InChI=1S/C8H7BO3S2/c10-6-7(13)5(9(11)12)3-4-1-2-14-8(4)6/h1-3,10-13H. The molecule has 0 atom stereocenters. The lowest BCUT2D eigenvalue weighted by Crippen LogP contribution is -2.31. The van der Waals surface area contributed by atoms with Crippen molar-refractivity contribution in [2.75, 3.05) is 0 Å². The maximum absolute atomic E-state index is 9.69. The SMILES string of the molecule is OB(O)c1cc2ccsc2c(O)c1S. The number of hydrogen-bond acceptors (Lipinski definition) is 5. The molecule has 3 N–H and O–H groups in total. The first kappa shape index (κ1) is 9.85. The van der Waals surface area contributed by atoms with Crippen LogP contribution in [0.5, 0.6) is 5.75 Å². The van der Waals surface area contributed by atoms with Crippen LogP contribution in [-0.2, 0) is 0 Å². The number of thiophene rings is 1. The zero-order valence-corrected chi connectivity index (χ0v) is 8.72. The molecule has 0 radical (unpaired) electrons. The molecule has 0 aliphatic heterocycles. The topological polar surface area (TPSA) is 60.7 Å². The highest BCUT2D eigenvalue weighted by molar-refractivity contribution is 7.80. The first-order chi connectivity index (χ1) is 6.61. The lowest BCUT2D eigenvalue weighted by molar-refractivity contribution is 0.423. The van der Waals surface area contributed by atoms with Gasteiger partial charge in [0.2, 0.25) is 0 Å². The van der Waals surface area contributed by atoms with Crippen LogP contribution in [0, 0.1) is 0 Å². The van der Waals surface area contributed by atoms with Gasteiger partial charge in [0.1, 0.15) is 5.75 Å². The molecule has 2 rings (SSSR count). The highest BCUT2D eigenvalue weighted by Crippen LogP contribution is 2.33. The molecule has 1 aromatic heterocycles. The molecule has 0 aliphatic carbocycles. The fourth-order valence-corrected chi connectivity index (χ4v) is 2.50. The molecule has 6 heteroatoms. The molecule has 0 fully saturated rings. The van der Waals surface area contributed by atoms with Crippen LogP contribution in [0.3, 0.4) is 0 Å². The summed E-state index contributed by atoms with van der Waals surface area (Å²) < 4.78 is 0.708. The van der Waals surface area contributed by atoms with Crippen LogP contribution < -0.4 is 5.46 Å². The number of phenols is 1. The molecule has 0 amide bonds. The van der Waals surface area contributed by atoms with Crippen molar-refractivity contribution < 1.29 is 15.2 Å². The number of rotatable bonds is 1. The van der Waals surface area contributed by atoms with E-state index < -0.39 is 7.12 Å². The summed E-state index contributed by atoms with van der Waals surface area (Å²) in [7, 11) is -1.61. The van der Waals surface area contributed by atoms with Gasteiger partial charge in [-0.1, -0.05) is 6.07 Å². The van der Waals surface area contributed by atoms with Crippen LogP contribution in [0.2, 0.25) is 0 Å². The van der Waals surface area contributed by atoms with Gasteiger partial charge in [0, 0.05) is 4.90 Å². The van der Waals surface area contributed by atoms with Gasteiger partial charge in [-0.25, -0.2) is 0 Å². The summed E-state index contributed by atoms with van der Waals surface area (Å²) in [5, 5.41) is 30.3. The highest BCUT2D eigenvalue weighted by atomic mass is 32.1. The minimum absolute atomic E-state index is 0.00364. The molecule has 0 unspecified atom stereocenters. The largest absolute Gasteiger partial charge is 0.505 e. The number of thiol groups is 1. The molecule has 0 bridgehead atoms. The second-order valence-corrected chi connectivity index (χ2v) is 4.24. The van der Waals surface area contributed by atoms with Crippen molar-refractivity contribution in [1.29, 1.82) is 0 Å². The van der Waals surface area contributed by atoms with E-state index in [0.29, 0.717) is 4.70 Å². The number of phenolic OH excluding ortho intramolecular Hbond substituents is 1. The second kappa shape index (κ2) is 3.47. The molecule has 14 heavy (non-hydrogen) atoms. The van der Waals surface area contributed by atoms with E-state index in [-0.39, 0.29) is 16.1 Å². The van der Waals surface area contributed by atoms with Gasteiger partial charge in [0.25, 0.3) is 0 Å². The Morgan fingerprint density at radius 3 is 2.71 bits per heavy atom. The van der Waals surface area contributed by atoms with Crippen molar-refractivity contribution in [3.63, 3.8) is 0 Å². The molecule has 1 heterocycles. The zero-order chi connectivity index (χ0) is 10.3. The summed E-state index contributed by atoms with van der Waals surface area (Å²) in [5.41, 5.74) is 0.219. The first-order valence-corrected chi connectivity index (χ1v) is 5.22. The summed E-state index contributed by atoms with van der Waals surface area (Å²) in [6.07, 6.45) is 0. The van der Waals surface area contributed by atoms with Crippen molar-refractivity contribution in [1.82, 2.24) is 0 Å². The second-order valence-electron chi connectivity index (χ2n) is 2.88. The Bertz CT molecular complexity index is 481. The van der Waals surface area contributed by atoms with Gasteiger partial charge in [-0.3, -0.25) is 0 Å². The molecule has 2 aromatic rings. The van der Waals surface area contributed by atoms with Gasteiger partial charge in [-0.15, -0.1) is 24.0 Å². The van der Waals surface area contributed by atoms with Crippen molar-refractivity contribution in [3.05, 3.63) is 17.5 Å². The van der Waals surface area contributed by atoms with Gasteiger partial charge in [0.05, 0.1) is 4.70 Å². The third-order valence-corrected chi connectivity index (χ3v) is 3.40. The Balaban J connectivity index is 2.80. The summed E-state index contributed by atoms with van der Waals surface area (Å²) in [6, 6.07) is 3.41. The Labute approximate surface area is 90.2 Å².